The van der Waals surface area contributed by atoms with Gasteiger partial charge in [-0.1, -0.05) is 6.07 Å². The molecule has 2 heterocycles. The number of pyridine rings is 2. The molecule has 4 aromatic rings. The Labute approximate surface area is 191 Å². The first kappa shape index (κ1) is 23.0. The number of aromatic nitrogens is 2. The summed E-state index contributed by atoms with van der Waals surface area (Å²) in [6, 6.07) is 8.77. The van der Waals surface area contributed by atoms with Crippen molar-refractivity contribution in [3.05, 3.63) is 99.3 Å². The molecule has 0 saturated carbocycles. The minimum absolute atomic E-state index is 0.0118. The van der Waals surface area contributed by atoms with E-state index in [1.807, 2.05) is 0 Å². The molecule has 34 heavy (non-hydrogen) atoms. The molecular weight excluding hydrogens is 452 g/mol. The molecule has 0 radical (unpaired) electrons. The number of benzene rings is 2. The number of hydrogen-bond donors (Lipinski definition) is 1. The quantitative estimate of drug-likeness (QED) is 0.449. The topological polar surface area (TPSA) is 67.2 Å². The molecule has 2 aromatic carbocycles. The smallest absolute Gasteiger partial charge is 0.257 e. The van der Waals surface area contributed by atoms with E-state index in [2.05, 4.69) is 10.3 Å². The number of hydrogen-bond acceptors (Lipinski definition) is 4. The van der Waals surface area contributed by atoms with E-state index >= 15 is 0 Å². The molecular formula is C24H18F4N4O2. The van der Waals surface area contributed by atoms with Crippen molar-refractivity contribution < 1.29 is 22.4 Å². The molecule has 0 atom stereocenters. The van der Waals surface area contributed by atoms with Gasteiger partial charge in [0.05, 0.1) is 11.1 Å². The van der Waals surface area contributed by atoms with Crippen molar-refractivity contribution in [3.8, 4) is 5.69 Å². The number of anilines is 1. The van der Waals surface area contributed by atoms with Crippen molar-refractivity contribution in [3.63, 3.8) is 0 Å². The molecule has 0 bridgehead atoms. The first-order valence-corrected chi connectivity index (χ1v) is 10.1. The van der Waals surface area contributed by atoms with Crippen LogP contribution in [-0.2, 0) is 6.54 Å². The van der Waals surface area contributed by atoms with Gasteiger partial charge in [-0.25, -0.2) is 22.5 Å². The molecule has 4 rings (SSSR count). The van der Waals surface area contributed by atoms with Crippen LogP contribution < -0.4 is 15.6 Å². The summed E-state index contributed by atoms with van der Waals surface area (Å²) < 4.78 is 56.4. The fourth-order valence-corrected chi connectivity index (χ4v) is 3.40. The summed E-state index contributed by atoms with van der Waals surface area (Å²) in [5, 5.41) is 2.44. The molecule has 0 aliphatic heterocycles. The van der Waals surface area contributed by atoms with E-state index in [1.54, 1.807) is 25.1 Å². The number of halogens is 4. The summed E-state index contributed by atoms with van der Waals surface area (Å²) in [6.45, 7) is -0.314. The number of carbonyl (C=O) groups excluding carboxylic acids is 1. The zero-order valence-corrected chi connectivity index (χ0v) is 18.1. The highest BCUT2D eigenvalue weighted by Crippen LogP contribution is 2.22. The third-order valence-corrected chi connectivity index (χ3v) is 5.16. The number of rotatable bonds is 5. The second-order valence-corrected chi connectivity index (χ2v) is 7.69. The number of carbonyl (C=O) groups is 1. The van der Waals surface area contributed by atoms with Crippen molar-refractivity contribution in [2.24, 2.45) is 0 Å². The van der Waals surface area contributed by atoms with Crippen molar-refractivity contribution >= 4 is 22.8 Å². The van der Waals surface area contributed by atoms with Gasteiger partial charge in [0.25, 0.3) is 5.91 Å². The van der Waals surface area contributed by atoms with Crippen LogP contribution >= 0.6 is 0 Å². The van der Waals surface area contributed by atoms with Gasteiger partial charge in [0.15, 0.2) is 5.65 Å². The first-order valence-electron chi connectivity index (χ1n) is 10.1. The summed E-state index contributed by atoms with van der Waals surface area (Å²) in [6.07, 6.45) is 1.10. The standard InChI is InChI=1S/C24H18F4N4O2/c1-31(2)21-8-6-16-22(33)17(24(34)29-11-13-3-4-14(25)9-18(13)27)12-32(23(16)30-21)20-7-5-15(26)10-19(20)28/h3-10,12H,11H2,1-2H3,(H,29,34). The molecule has 2 aromatic heterocycles. The normalized spacial score (nSPS) is 11.0. The van der Waals surface area contributed by atoms with Crippen LogP contribution in [0.3, 0.4) is 0 Å². The SMILES string of the molecule is CN(C)c1ccc2c(=O)c(C(=O)NCc3ccc(F)cc3F)cn(-c3ccc(F)cc3F)c2n1. The van der Waals surface area contributed by atoms with Crippen molar-refractivity contribution in [1.29, 1.82) is 0 Å². The van der Waals surface area contributed by atoms with Gasteiger partial charge in [-0.05, 0) is 30.3 Å². The van der Waals surface area contributed by atoms with Gasteiger partial charge in [-0.15, -0.1) is 0 Å². The molecule has 0 spiro atoms. The highest BCUT2D eigenvalue weighted by molar-refractivity contribution is 5.97. The number of nitrogens with zero attached hydrogens (tertiary/aromatic N) is 3. The Kier molecular flexibility index (Phi) is 6.06. The van der Waals surface area contributed by atoms with Gasteiger partial charge >= 0.3 is 0 Å². The van der Waals surface area contributed by atoms with Gasteiger partial charge in [-0.2, -0.15) is 0 Å². The predicted octanol–water partition coefficient (Wildman–Crippen LogP) is 3.94. The monoisotopic (exact) mass is 470 g/mol. The predicted molar refractivity (Wildman–Crippen MR) is 119 cm³/mol. The first-order chi connectivity index (χ1) is 16.2. The lowest BCUT2D eigenvalue weighted by Crippen LogP contribution is -2.30. The molecule has 1 amide bonds. The van der Waals surface area contributed by atoms with E-state index in [0.29, 0.717) is 18.0 Å². The van der Waals surface area contributed by atoms with E-state index in [9.17, 15) is 27.2 Å². The summed E-state index contributed by atoms with van der Waals surface area (Å²) in [5.74, 6) is -3.74. The summed E-state index contributed by atoms with van der Waals surface area (Å²) in [7, 11) is 3.46. The number of fused-ring (bicyclic) bond motifs is 1. The molecule has 0 aliphatic carbocycles. The number of nitrogens with one attached hydrogen (secondary N) is 1. The fourth-order valence-electron chi connectivity index (χ4n) is 3.40. The van der Waals surface area contributed by atoms with Crippen LogP contribution in [0.15, 0.2) is 59.5 Å². The molecule has 0 aliphatic rings. The Balaban J connectivity index is 1.84. The average molecular weight is 470 g/mol. The summed E-state index contributed by atoms with van der Waals surface area (Å²) in [5.41, 5.74) is -1.10. The van der Waals surface area contributed by atoms with Crippen LogP contribution in [0.5, 0.6) is 0 Å². The maximum absolute atomic E-state index is 14.7. The Morgan fingerprint density at radius 3 is 2.29 bits per heavy atom. The third kappa shape index (κ3) is 4.34. The van der Waals surface area contributed by atoms with Crippen LogP contribution in [0.4, 0.5) is 23.4 Å². The Hall–Kier alpha value is -4.21. The van der Waals surface area contributed by atoms with Crippen LogP contribution in [0.2, 0.25) is 0 Å². The van der Waals surface area contributed by atoms with Crippen LogP contribution in [0.1, 0.15) is 15.9 Å². The van der Waals surface area contributed by atoms with Gasteiger partial charge in [-0.3, -0.25) is 14.2 Å². The second kappa shape index (κ2) is 8.97. The van der Waals surface area contributed by atoms with E-state index < -0.39 is 34.6 Å². The lowest BCUT2D eigenvalue weighted by atomic mass is 10.1. The zero-order chi connectivity index (χ0) is 24.6. The van der Waals surface area contributed by atoms with Crippen molar-refractivity contribution in [2.75, 3.05) is 19.0 Å². The Morgan fingerprint density at radius 1 is 0.971 bits per heavy atom. The Bertz CT molecular complexity index is 1480. The van der Waals surface area contributed by atoms with Gasteiger partial charge in [0.1, 0.15) is 34.7 Å². The van der Waals surface area contributed by atoms with Gasteiger partial charge < -0.3 is 10.2 Å². The van der Waals surface area contributed by atoms with Gasteiger partial charge in [0.2, 0.25) is 5.43 Å². The van der Waals surface area contributed by atoms with Crippen LogP contribution in [0.25, 0.3) is 16.7 Å². The van der Waals surface area contributed by atoms with Crippen LogP contribution in [0, 0.1) is 23.3 Å². The molecule has 1 N–H and O–H groups in total. The highest BCUT2D eigenvalue weighted by Gasteiger charge is 2.20. The highest BCUT2D eigenvalue weighted by atomic mass is 19.1. The lowest BCUT2D eigenvalue weighted by molar-refractivity contribution is 0.0949. The third-order valence-electron chi connectivity index (χ3n) is 5.16. The molecule has 10 heteroatoms. The largest absolute Gasteiger partial charge is 0.363 e. The Morgan fingerprint density at radius 2 is 1.65 bits per heavy atom. The minimum Gasteiger partial charge on any atom is -0.363 e. The molecule has 6 nitrogen and oxygen atoms in total. The summed E-state index contributed by atoms with van der Waals surface area (Å²) in [4.78, 5) is 32.0. The van der Waals surface area contributed by atoms with E-state index in [0.717, 1.165) is 24.4 Å². The number of amides is 1. The average Bonchev–Trinajstić information content (AvgIpc) is 2.79. The molecule has 0 fully saturated rings. The van der Waals surface area contributed by atoms with E-state index in [-0.39, 0.29) is 34.4 Å². The second-order valence-electron chi connectivity index (χ2n) is 7.69. The molecule has 174 valence electrons. The molecule has 0 unspecified atom stereocenters. The maximum Gasteiger partial charge on any atom is 0.257 e. The van der Waals surface area contributed by atoms with Gasteiger partial charge in [0, 0.05) is 44.5 Å². The van der Waals surface area contributed by atoms with Crippen LogP contribution in [-0.4, -0.2) is 29.6 Å². The zero-order valence-electron chi connectivity index (χ0n) is 18.1. The minimum atomic E-state index is -0.929. The summed E-state index contributed by atoms with van der Waals surface area (Å²) >= 11 is 0. The fraction of sp³-hybridized carbons (Fsp3) is 0.125. The van der Waals surface area contributed by atoms with E-state index in [4.69, 9.17) is 0 Å². The maximum atomic E-state index is 14.7. The van der Waals surface area contributed by atoms with Crippen molar-refractivity contribution in [1.82, 2.24) is 14.9 Å². The lowest BCUT2D eigenvalue weighted by Gasteiger charge is -2.17. The molecule has 0 saturated heterocycles. The van der Waals surface area contributed by atoms with E-state index in [1.165, 1.54) is 16.7 Å². The van der Waals surface area contributed by atoms with Crippen molar-refractivity contribution in [2.45, 2.75) is 6.54 Å².